The van der Waals surface area contributed by atoms with Crippen LogP contribution in [0.25, 0.3) is 0 Å². The summed E-state index contributed by atoms with van der Waals surface area (Å²) in [7, 11) is 0. The van der Waals surface area contributed by atoms with Crippen LogP contribution in [-0.4, -0.2) is 54.2 Å². The smallest absolute Gasteiger partial charge is 0.0931 e. The van der Waals surface area contributed by atoms with E-state index in [0.717, 1.165) is 31.7 Å². The number of benzene rings is 1. The molecule has 2 rings (SSSR count). The van der Waals surface area contributed by atoms with Crippen LogP contribution in [-0.2, 0) is 0 Å². The van der Waals surface area contributed by atoms with Gasteiger partial charge in [0.1, 0.15) is 0 Å². The second-order valence-electron chi connectivity index (χ2n) is 4.77. The SMILES string of the molecule is N#CCN1CCN(CC(O)c2ccccc2Cl)CC1. The standard InChI is InChI=1S/C14H18ClN3O/c15-13-4-2-1-3-12(13)14(19)11-18-9-7-17(6-5-16)8-10-18/h1-4,14,19H,6-11H2. The van der Waals surface area contributed by atoms with Crippen molar-refractivity contribution in [1.82, 2.24) is 9.80 Å². The third-order valence-electron chi connectivity index (χ3n) is 3.45. The number of aliphatic hydroxyl groups excluding tert-OH is 1. The van der Waals surface area contributed by atoms with E-state index in [-0.39, 0.29) is 0 Å². The Balaban J connectivity index is 1.86. The number of halogens is 1. The third-order valence-corrected chi connectivity index (χ3v) is 3.80. The lowest BCUT2D eigenvalue weighted by Crippen LogP contribution is -2.47. The zero-order valence-electron chi connectivity index (χ0n) is 10.8. The van der Waals surface area contributed by atoms with E-state index in [2.05, 4.69) is 15.9 Å². The van der Waals surface area contributed by atoms with Crippen LogP contribution in [0.3, 0.4) is 0 Å². The molecule has 4 nitrogen and oxygen atoms in total. The van der Waals surface area contributed by atoms with E-state index in [0.29, 0.717) is 18.1 Å². The van der Waals surface area contributed by atoms with Gasteiger partial charge in [-0.1, -0.05) is 29.8 Å². The molecule has 1 aromatic rings. The molecule has 1 aromatic carbocycles. The number of hydrogen-bond acceptors (Lipinski definition) is 4. The van der Waals surface area contributed by atoms with Gasteiger partial charge in [0.2, 0.25) is 0 Å². The van der Waals surface area contributed by atoms with Crippen molar-refractivity contribution in [2.24, 2.45) is 0 Å². The molecule has 1 fully saturated rings. The summed E-state index contributed by atoms with van der Waals surface area (Å²) in [5.74, 6) is 0. The summed E-state index contributed by atoms with van der Waals surface area (Å²) in [6.07, 6.45) is -0.559. The highest BCUT2D eigenvalue weighted by molar-refractivity contribution is 6.31. The van der Waals surface area contributed by atoms with Gasteiger partial charge in [-0.15, -0.1) is 0 Å². The molecule has 1 saturated heterocycles. The minimum Gasteiger partial charge on any atom is -0.387 e. The van der Waals surface area contributed by atoms with Gasteiger partial charge in [-0.2, -0.15) is 5.26 Å². The molecule has 1 heterocycles. The van der Waals surface area contributed by atoms with Crippen LogP contribution in [0.4, 0.5) is 0 Å². The van der Waals surface area contributed by atoms with Gasteiger partial charge in [0.25, 0.3) is 0 Å². The van der Waals surface area contributed by atoms with E-state index in [4.69, 9.17) is 16.9 Å². The molecule has 0 radical (unpaired) electrons. The summed E-state index contributed by atoms with van der Waals surface area (Å²) in [5.41, 5.74) is 0.781. The first-order valence-electron chi connectivity index (χ1n) is 6.45. The Morgan fingerprint density at radius 3 is 2.47 bits per heavy atom. The highest BCUT2D eigenvalue weighted by Gasteiger charge is 2.20. The molecule has 1 aliphatic heterocycles. The number of β-amino-alcohol motifs (C(OH)–C–C–N with tert-alkyl or cyclic N) is 1. The number of aliphatic hydroxyl groups is 1. The molecule has 1 aliphatic rings. The van der Waals surface area contributed by atoms with Gasteiger partial charge in [0, 0.05) is 43.3 Å². The topological polar surface area (TPSA) is 50.5 Å². The Morgan fingerprint density at radius 2 is 1.84 bits per heavy atom. The second-order valence-corrected chi connectivity index (χ2v) is 5.18. The van der Waals surface area contributed by atoms with Gasteiger partial charge in [0.15, 0.2) is 0 Å². The van der Waals surface area contributed by atoms with Gasteiger partial charge in [-0.25, -0.2) is 0 Å². The van der Waals surface area contributed by atoms with Crippen molar-refractivity contribution in [1.29, 1.82) is 5.26 Å². The molecule has 1 unspecified atom stereocenters. The first kappa shape index (κ1) is 14.3. The minimum atomic E-state index is -0.559. The fourth-order valence-corrected chi connectivity index (χ4v) is 2.58. The van der Waals surface area contributed by atoms with Crippen molar-refractivity contribution < 1.29 is 5.11 Å². The number of rotatable bonds is 4. The van der Waals surface area contributed by atoms with E-state index in [1.165, 1.54) is 0 Å². The van der Waals surface area contributed by atoms with E-state index in [9.17, 15) is 5.11 Å². The van der Waals surface area contributed by atoms with Crippen molar-refractivity contribution in [2.75, 3.05) is 39.3 Å². The lowest BCUT2D eigenvalue weighted by atomic mass is 10.1. The summed E-state index contributed by atoms with van der Waals surface area (Å²) in [6.45, 7) is 4.59. The van der Waals surface area contributed by atoms with Gasteiger partial charge in [0.05, 0.1) is 18.7 Å². The summed E-state index contributed by atoms with van der Waals surface area (Å²) in [6, 6.07) is 9.57. The van der Waals surface area contributed by atoms with Gasteiger partial charge >= 0.3 is 0 Å². The highest BCUT2D eigenvalue weighted by Crippen LogP contribution is 2.23. The van der Waals surface area contributed by atoms with Crippen LogP contribution >= 0.6 is 11.6 Å². The molecule has 1 atom stereocenters. The van der Waals surface area contributed by atoms with Gasteiger partial charge < -0.3 is 5.11 Å². The predicted molar refractivity (Wildman–Crippen MR) is 74.9 cm³/mol. The van der Waals surface area contributed by atoms with Crippen molar-refractivity contribution in [3.8, 4) is 6.07 Å². The van der Waals surface area contributed by atoms with Crippen molar-refractivity contribution >= 4 is 11.6 Å². The fraction of sp³-hybridized carbons (Fsp3) is 0.500. The van der Waals surface area contributed by atoms with E-state index < -0.39 is 6.10 Å². The zero-order chi connectivity index (χ0) is 13.7. The summed E-state index contributed by atoms with van der Waals surface area (Å²) >= 11 is 6.08. The zero-order valence-corrected chi connectivity index (χ0v) is 11.6. The Bertz CT molecular complexity index is 452. The Labute approximate surface area is 118 Å². The van der Waals surface area contributed by atoms with Crippen LogP contribution in [0.2, 0.25) is 5.02 Å². The lowest BCUT2D eigenvalue weighted by molar-refractivity contribution is 0.0768. The summed E-state index contributed by atoms with van der Waals surface area (Å²) in [5, 5.41) is 19.5. The maximum atomic E-state index is 10.2. The molecule has 0 amide bonds. The predicted octanol–water partition coefficient (Wildman–Crippen LogP) is 1.51. The normalized spacial score (nSPS) is 19.0. The van der Waals surface area contributed by atoms with Gasteiger partial charge in [-0.05, 0) is 6.07 Å². The Morgan fingerprint density at radius 1 is 1.21 bits per heavy atom. The second kappa shape index (κ2) is 6.88. The lowest BCUT2D eigenvalue weighted by Gasteiger charge is -2.34. The average molecular weight is 280 g/mol. The molecule has 0 aromatic heterocycles. The highest BCUT2D eigenvalue weighted by atomic mass is 35.5. The monoisotopic (exact) mass is 279 g/mol. The molecular formula is C14H18ClN3O. The van der Waals surface area contributed by atoms with Crippen molar-refractivity contribution in [3.63, 3.8) is 0 Å². The first-order valence-corrected chi connectivity index (χ1v) is 6.82. The number of nitrogens with zero attached hydrogens (tertiary/aromatic N) is 3. The molecule has 0 bridgehead atoms. The fourth-order valence-electron chi connectivity index (χ4n) is 2.32. The van der Waals surface area contributed by atoms with Crippen LogP contribution in [0.1, 0.15) is 11.7 Å². The van der Waals surface area contributed by atoms with Crippen molar-refractivity contribution in [3.05, 3.63) is 34.9 Å². The van der Waals surface area contributed by atoms with E-state index >= 15 is 0 Å². The first-order chi connectivity index (χ1) is 9.20. The number of piperazine rings is 1. The molecule has 0 spiro atoms. The number of hydrogen-bond donors (Lipinski definition) is 1. The van der Waals surface area contributed by atoms with E-state index in [1.54, 1.807) is 6.07 Å². The van der Waals surface area contributed by atoms with Gasteiger partial charge in [-0.3, -0.25) is 9.80 Å². The summed E-state index contributed by atoms with van der Waals surface area (Å²) < 4.78 is 0. The van der Waals surface area contributed by atoms with Crippen LogP contribution in [0.5, 0.6) is 0 Å². The third kappa shape index (κ3) is 3.92. The molecular weight excluding hydrogens is 262 g/mol. The molecule has 19 heavy (non-hydrogen) atoms. The quantitative estimate of drug-likeness (QED) is 0.849. The van der Waals surface area contributed by atoms with Crippen molar-refractivity contribution in [2.45, 2.75) is 6.10 Å². The Hall–Kier alpha value is -1.12. The Kier molecular flexibility index (Phi) is 5.17. The molecule has 5 heteroatoms. The maximum Gasteiger partial charge on any atom is 0.0931 e. The molecule has 102 valence electrons. The average Bonchev–Trinajstić information content (AvgIpc) is 2.42. The van der Waals surface area contributed by atoms with Crippen LogP contribution < -0.4 is 0 Å². The number of nitriles is 1. The largest absolute Gasteiger partial charge is 0.387 e. The molecule has 1 N–H and O–H groups in total. The van der Waals surface area contributed by atoms with Crippen LogP contribution in [0, 0.1) is 11.3 Å². The van der Waals surface area contributed by atoms with Crippen LogP contribution in [0.15, 0.2) is 24.3 Å². The molecule has 0 aliphatic carbocycles. The maximum absolute atomic E-state index is 10.2. The molecule has 0 saturated carbocycles. The van der Waals surface area contributed by atoms with E-state index in [1.807, 2.05) is 18.2 Å². The summed E-state index contributed by atoms with van der Waals surface area (Å²) in [4.78, 5) is 4.33. The minimum absolute atomic E-state index is 0.487.